The minimum absolute atomic E-state index is 0.0943. The normalized spacial score (nSPS) is 15.2. The molecule has 0 spiro atoms. The van der Waals surface area contributed by atoms with Gasteiger partial charge in [0.2, 0.25) is 0 Å². The monoisotopic (exact) mass is 402 g/mol. The smallest absolute Gasteiger partial charge is 0.252 e. The van der Waals surface area contributed by atoms with Gasteiger partial charge in [0.05, 0.1) is 24.8 Å². The summed E-state index contributed by atoms with van der Waals surface area (Å²) < 4.78 is 10.9. The summed E-state index contributed by atoms with van der Waals surface area (Å²) in [6.45, 7) is 5.27. The Labute approximate surface area is 171 Å². The predicted octanol–water partition coefficient (Wildman–Crippen LogP) is 4.31. The number of methoxy groups -OCH3 is 1. The fourth-order valence-electron chi connectivity index (χ4n) is 3.52. The third-order valence-corrected chi connectivity index (χ3v) is 5.21. The molecule has 1 amide bonds. The van der Waals surface area contributed by atoms with Crippen LogP contribution in [0.4, 0.5) is 0 Å². The van der Waals surface area contributed by atoms with E-state index in [0.717, 1.165) is 25.2 Å². The van der Waals surface area contributed by atoms with Gasteiger partial charge in [-0.3, -0.25) is 4.79 Å². The molecule has 0 bridgehead atoms. The van der Waals surface area contributed by atoms with Crippen molar-refractivity contribution in [3.63, 3.8) is 0 Å². The van der Waals surface area contributed by atoms with Gasteiger partial charge in [-0.25, -0.2) is 0 Å². The number of nitrogens with zero attached hydrogens (tertiary/aromatic N) is 1. The van der Waals surface area contributed by atoms with Gasteiger partial charge in [0.1, 0.15) is 0 Å². The second-order valence-corrected chi connectivity index (χ2v) is 7.27. The third kappa shape index (κ3) is 4.97. The zero-order valence-corrected chi connectivity index (χ0v) is 17.2. The van der Waals surface area contributed by atoms with Crippen LogP contribution in [0.25, 0.3) is 0 Å². The molecule has 0 aliphatic carbocycles. The number of likely N-dealkylation sites (tertiary alicyclic amines) is 1. The lowest BCUT2D eigenvalue weighted by atomic mass is 10.1. The van der Waals surface area contributed by atoms with Crippen molar-refractivity contribution < 1.29 is 14.3 Å². The maximum absolute atomic E-state index is 13.0. The Morgan fingerprint density at radius 1 is 1.21 bits per heavy atom. The summed E-state index contributed by atoms with van der Waals surface area (Å²) in [4.78, 5) is 15.4. The van der Waals surface area contributed by atoms with E-state index in [2.05, 4.69) is 10.2 Å². The van der Waals surface area contributed by atoms with E-state index in [1.165, 1.54) is 20.0 Å². The van der Waals surface area contributed by atoms with Gasteiger partial charge >= 0.3 is 0 Å². The van der Waals surface area contributed by atoms with Crippen LogP contribution in [-0.2, 0) is 0 Å². The fraction of sp³-hybridized carbons (Fsp3) is 0.409. The molecule has 1 aliphatic heterocycles. The zero-order valence-electron chi connectivity index (χ0n) is 16.4. The molecule has 1 fully saturated rings. The summed E-state index contributed by atoms with van der Waals surface area (Å²) in [6.07, 6.45) is 2.42. The minimum atomic E-state index is -0.184. The van der Waals surface area contributed by atoms with Crippen LogP contribution in [-0.4, -0.2) is 44.2 Å². The molecule has 0 saturated carbocycles. The average molecular weight is 403 g/mol. The maximum Gasteiger partial charge on any atom is 0.252 e. The molecule has 1 heterocycles. The van der Waals surface area contributed by atoms with Crippen LogP contribution in [0.5, 0.6) is 11.5 Å². The molecule has 1 atom stereocenters. The van der Waals surface area contributed by atoms with E-state index >= 15 is 0 Å². The van der Waals surface area contributed by atoms with Gasteiger partial charge < -0.3 is 19.7 Å². The lowest BCUT2D eigenvalue weighted by molar-refractivity contribution is 0.0926. The van der Waals surface area contributed by atoms with Gasteiger partial charge in [-0.2, -0.15) is 0 Å². The van der Waals surface area contributed by atoms with E-state index in [1.807, 2.05) is 37.3 Å². The number of hydrogen-bond acceptors (Lipinski definition) is 4. The van der Waals surface area contributed by atoms with Gasteiger partial charge in [0, 0.05) is 12.1 Å². The van der Waals surface area contributed by atoms with Crippen LogP contribution in [0.15, 0.2) is 42.5 Å². The molecule has 2 aromatic rings. The second-order valence-electron chi connectivity index (χ2n) is 6.87. The summed E-state index contributed by atoms with van der Waals surface area (Å²) in [5.74, 6) is 0.728. The highest BCUT2D eigenvalue weighted by Gasteiger charge is 2.22. The van der Waals surface area contributed by atoms with Gasteiger partial charge in [-0.1, -0.05) is 41.9 Å². The highest BCUT2D eigenvalue weighted by atomic mass is 35.5. The van der Waals surface area contributed by atoms with Gasteiger partial charge in [0.15, 0.2) is 11.5 Å². The number of rotatable bonds is 8. The molecule has 1 aliphatic rings. The largest absolute Gasteiger partial charge is 0.493 e. The number of benzene rings is 2. The lowest BCUT2D eigenvalue weighted by Crippen LogP contribution is -2.37. The molecule has 2 aromatic carbocycles. The molecule has 28 heavy (non-hydrogen) atoms. The molecule has 3 rings (SSSR count). The number of ether oxygens (including phenoxy) is 2. The number of hydrogen-bond donors (Lipinski definition) is 1. The van der Waals surface area contributed by atoms with Crippen LogP contribution in [0, 0.1) is 0 Å². The summed E-state index contributed by atoms with van der Waals surface area (Å²) in [6, 6.07) is 13.3. The van der Waals surface area contributed by atoms with Crippen molar-refractivity contribution in [2.24, 2.45) is 0 Å². The number of amides is 1. The van der Waals surface area contributed by atoms with Crippen LogP contribution >= 0.6 is 11.6 Å². The molecule has 5 nitrogen and oxygen atoms in total. The van der Waals surface area contributed by atoms with E-state index in [9.17, 15) is 4.79 Å². The number of carbonyl (C=O) groups excluding carboxylic acids is 1. The molecule has 1 saturated heterocycles. The Morgan fingerprint density at radius 2 is 1.93 bits per heavy atom. The van der Waals surface area contributed by atoms with Crippen LogP contribution in [0.2, 0.25) is 5.02 Å². The summed E-state index contributed by atoms with van der Waals surface area (Å²) >= 11 is 6.33. The van der Waals surface area contributed by atoms with E-state index in [-0.39, 0.29) is 11.9 Å². The van der Waals surface area contributed by atoms with Crippen LogP contribution < -0.4 is 14.8 Å². The van der Waals surface area contributed by atoms with Crippen molar-refractivity contribution >= 4 is 17.5 Å². The summed E-state index contributed by atoms with van der Waals surface area (Å²) in [5.41, 5.74) is 1.54. The first-order chi connectivity index (χ1) is 13.6. The number of carbonyl (C=O) groups is 1. The van der Waals surface area contributed by atoms with Crippen molar-refractivity contribution in [2.45, 2.75) is 25.8 Å². The Balaban J connectivity index is 1.82. The molecule has 6 heteroatoms. The number of halogens is 1. The first-order valence-electron chi connectivity index (χ1n) is 9.71. The molecule has 0 aromatic heterocycles. The molecule has 1 unspecified atom stereocenters. The zero-order chi connectivity index (χ0) is 19.9. The topological polar surface area (TPSA) is 50.8 Å². The molecule has 1 N–H and O–H groups in total. The first-order valence-corrected chi connectivity index (χ1v) is 10.1. The molecule has 0 radical (unpaired) electrons. The molecular weight excluding hydrogens is 376 g/mol. The van der Waals surface area contributed by atoms with Crippen LogP contribution in [0.3, 0.4) is 0 Å². The van der Waals surface area contributed by atoms with Crippen molar-refractivity contribution in [3.8, 4) is 11.5 Å². The van der Waals surface area contributed by atoms with Crippen LogP contribution in [0.1, 0.15) is 41.7 Å². The standard InChI is InChI=1S/C22H27ClN2O3/c1-3-28-21-18(23)13-17(14-20(21)27-2)22(26)24-19(15-25-11-7-8-12-25)16-9-5-4-6-10-16/h4-6,9-10,13-14,19H,3,7-8,11-12,15H2,1-2H3,(H,24,26). The van der Waals surface area contributed by atoms with Crippen molar-refractivity contribution in [1.82, 2.24) is 10.2 Å². The summed E-state index contributed by atoms with van der Waals surface area (Å²) in [5, 5.41) is 3.53. The first kappa shape index (κ1) is 20.5. The second kappa shape index (κ2) is 9.80. The SMILES string of the molecule is CCOc1c(Cl)cc(C(=O)NC(CN2CCCC2)c2ccccc2)cc1OC. The Morgan fingerprint density at radius 3 is 2.57 bits per heavy atom. The van der Waals surface area contributed by atoms with Crippen molar-refractivity contribution in [3.05, 3.63) is 58.6 Å². The maximum atomic E-state index is 13.0. The average Bonchev–Trinajstić information content (AvgIpc) is 3.22. The van der Waals surface area contributed by atoms with Gasteiger partial charge in [-0.05, 0) is 50.6 Å². The molecular formula is C22H27ClN2O3. The molecule has 150 valence electrons. The quantitative estimate of drug-likeness (QED) is 0.714. The fourth-order valence-corrected chi connectivity index (χ4v) is 3.79. The third-order valence-electron chi connectivity index (χ3n) is 4.93. The van der Waals surface area contributed by atoms with Crippen molar-refractivity contribution in [1.29, 1.82) is 0 Å². The van der Waals surface area contributed by atoms with Gasteiger partial charge in [0.25, 0.3) is 5.91 Å². The minimum Gasteiger partial charge on any atom is -0.493 e. The highest BCUT2D eigenvalue weighted by Crippen LogP contribution is 2.36. The Bertz CT molecular complexity index is 792. The lowest BCUT2D eigenvalue weighted by Gasteiger charge is -2.25. The Hall–Kier alpha value is -2.24. The van der Waals surface area contributed by atoms with E-state index in [4.69, 9.17) is 21.1 Å². The summed E-state index contributed by atoms with van der Waals surface area (Å²) in [7, 11) is 1.54. The van der Waals surface area contributed by atoms with E-state index in [0.29, 0.717) is 28.7 Å². The Kier molecular flexibility index (Phi) is 7.18. The van der Waals surface area contributed by atoms with E-state index in [1.54, 1.807) is 12.1 Å². The van der Waals surface area contributed by atoms with Gasteiger partial charge in [-0.15, -0.1) is 0 Å². The predicted molar refractivity (Wildman–Crippen MR) is 111 cm³/mol. The number of nitrogens with one attached hydrogen (secondary N) is 1. The van der Waals surface area contributed by atoms with Crippen molar-refractivity contribution in [2.75, 3.05) is 33.4 Å². The van der Waals surface area contributed by atoms with E-state index < -0.39 is 0 Å². The highest BCUT2D eigenvalue weighted by molar-refractivity contribution is 6.32.